The van der Waals surface area contributed by atoms with Crippen molar-refractivity contribution in [3.63, 3.8) is 0 Å². The number of ether oxygens (including phenoxy) is 2. The molecular weight excluding hydrogens is 334 g/mol. The largest absolute Gasteiger partial charge is 0.508 e. The smallest absolute Gasteiger partial charge is 0.336 e. The second-order valence-corrected chi connectivity index (χ2v) is 6.49. The second-order valence-electron chi connectivity index (χ2n) is 6.49. The number of carbonyl (C=O) groups excluding carboxylic acids is 2. The third-order valence-corrected chi connectivity index (χ3v) is 4.72. The molecule has 1 unspecified atom stereocenters. The fourth-order valence-electron chi connectivity index (χ4n) is 3.59. The summed E-state index contributed by atoms with van der Waals surface area (Å²) in [4.78, 5) is 25.4. The van der Waals surface area contributed by atoms with E-state index in [0.29, 0.717) is 35.4 Å². The van der Waals surface area contributed by atoms with Gasteiger partial charge in [-0.25, -0.2) is 4.79 Å². The van der Waals surface area contributed by atoms with Gasteiger partial charge in [0.05, 0.1) is 12.2 Å². The number of allylic oxidation sites excluding steroid dienone is 3. The molecule has 0 saturated carbocycles. The first-order valence-electron chi connectivity index (χ1n) is 8.72. The summed E-state index contributed by atoms with van der Waals surface area (Å²) in [5.41, 5.74) is 3.24. The van der Waals surface area contributed by atoms with Crippen LogP contribution in [0.15, 0.2) is 46.8 Å². The molecule has 0 bridgehead atoms. The van der Waals surface area contributed by atoms with Crippen LogP contribution in [0.2, 0.25) is 0 Å². The normalized spacial score (nSPS) is 19.9. The Labute approximate surface area is 152 Å². The van der Waals surface area contributed by atoms with E-state index in [-0.39, 0.29) is 18.1 Å². The maximum Gasteiger partial charge on any atom is 0.336 e. The molecule has 0 fully saturated rings. The number of ketones is 1. The third-order valence-electron chi connectivity index (χ3n) is 4.72. The van der Waals surface area contributed by atoms with Crippen LogP contribution < -0.4 is 5.32 Å². The van der Waals surface area contributed by atoms with Crippen LogP contribution in [-0.2, 0) is 19.1 Å². The number of aromatic hydroxyl groups is 1. The third kappa shape index (κ3) is 3.51. The SMILES string of the molecule is COCCOC(=O)C1=C(C)NC2=C(C(=O)CCC2)C1c1cccc(O)c1. The van der Waals surface area contributed by atoms with Crippen LogP contribution in [0, 0.1) is 0 Å². The molecule has 1 aliphatic carbocycles. The van der Waals surface area contributed by atoms with Crippen molar-refractivity contribution in [3.8, 4) is 5.75 Å². The van der Waals surface area contributed by atoms with Crippen molar-refractivity contribution in [3.05, 3.63) is 52.4 Å². The fourth-order valence-corrected chi connectivity index (χ4v) is 3.59. The van der Waals surface area contributed by atoms with Crippen molar-refractivity contribution in [2.45, 2.75) is 32.1 Å². The topological polar surface area (TPSA) is 84.9 Å². The van der Waals surface area contributed by atoms with Crippen LogP contribution >= 0.6 is 0 Å². The number of nitrogens with one attached hydrogen (secondary N) is 1. The van der Waals surface area contributed by atoms with Crippen molar-refractivity contribution in [2.24, 2.45) is 0 Å². The van der Waals surface area contributed by atoms with Gasteiger partial charge in [-0.05, 0) is 37.5 Å². The molecule has 138 valence electrons. The number of phenolic OH excluding ortho intramolecular Hbond substituents is 1. The highest BCUT2D eigenvalue weighted by atomic mass is 16.6. The molecule has 1 aromatic rings. The summed E-state index contributed by atoms with van der Waals surface area (Å²) in [6.07, 6.45) is 2.01. The molecule has 0 spiro atoms. The van der Waals surface area contributed by atoms with E-state index in [2.05, 4.69) is 5.32 Å². The number of rotatable bonds is 5. The van der Waals surface area contributed by atoms with Gasteiger partial charge in [-0.15, -0.1) is 0 Å². The van der Waals surface area contributed by atoms with Gasteiger partial charge in [0, 0.05) is 36.4 Å². The van der Waals surface area contributed by atoms with E-state index in [9.17, 15) is 14.7 Å². The average molecular weight is 357 g/mol. The molecule has 1 atom stereocenters. The molecular formula is C20H23NO5. The number of dihydropyridines is 1. The van der Waals surface area contributed by atoms with E-state index in [1.165, 1.54) is 7.11 Å². The zero-order valence-electron chi connectivity index (χ0n) is 15.0. The maximum absolute atomic E-state index is 12.8. The Morgan fingerprint density at radius 2 is 2.12 bits per heavy atom. The van der Waals surface area contributed by atoms with Crippen LogP contribution in [0.4, 0.5) is 0 Å². The Kier molecular flexibility index (Phi) is 5.42. The van der Waals surface area contributed by atoms with Crippen molar-refractivity contribution in [1.82, 2.24) is 5.32 Å². The van der Waals surface area contributed by atoms with Gasteiger partial charge in [-0.3, -0.25) is 4.79 Å². The summed E-state index contributed by atoms with van der Waals surface area (Å²) >= 11 is 0. The molecule has 6 heteroatoms. The number of esters is 1. The molecule has 26 heavy (non-hydrogen) atoms. The van der Waals surface area contributed by atoms with E-state index in [1.54, 1.807) is 18.2 Å². The van der Waals surface area contributed by atoms with E-state index in [0.717, 1.165) is 18.5 Å². The number of hydrogen-bond acceptors (Lipinski definition) is 6. The molecule has 3 rings (SSSR count). The summed E-state index contributed by atoms with van der Waals surface area (Å²) in [6.45, 7) is 2.25. The van der Waals surface area contributed by atoms with Gasteiger partial charge in [0.1, 0.15) is 12.4 Å². The standard InChI is InChI=1S/C20H23NO5/c1-12-17(20(24)26-10-9-25-2)18(13-5-3-6-14(22)11-13)19-15(21-12)7-4-8-16(19)23/h3,5-6,11,18,21-22H,4,7-10H2,1-2H3. The van der Waals surface area contributed by atoms with Gasteiger partial charge in [-0.2, -0.15) is 0 Å². The highest BCUT2D eigenvalue weighted by Crippen LogP contribution is 2.42. The molecule has 2 aliphatic rings. The Balaban J connectivity index is 2.06. The number of methoxy groups -OCH3 is 1. The summed E-state index contributed by atoms with van der Waals surface area (Å²) in [5.74, 6) is -0.899. The van der Waals surface area contributed by atoms with Gasteiger partial charge >= 0.3 is 5.97 Å². The van der Waals surface area contributed by atoms with E-state index < -0.39 is 11.9 Å². The predicted molar refractivity (Wildman–Crippen MR) is 95.4 cm³/mol. The van der Waals surface area contributed by atoms with Gasteiger partial charge < -0.3 is 19.9 Å². The number of phenols is 1. The molecule has 6 nitrogen and oxygen atoms in total. The molecule has 1 heterocycles. The van der Waals surface area contributed by atoms with Crippen LogP contribution in [0.3, 0.4) is 0 Å². The van der Waals surface area contributed by atoms with E-state index >= 15 is 0 Å². The Bertz CT molecular complexity index is 793. The summed E-state index contributed by atoms with van der Waals surface area (Å²) in [7, 11) is 1.54. The molecule has 0 radical (unpaired) electrons. The number of hydrogen-bond donors (Lipinski definition) is 2. The van der Waals surface area contributed by atoms with E-state index in [4.69, 9.17) is 9.47 Å². The quantitative estimate of drug-likeness (QED) is 0.622. The predicted octanol–water partition coefficient (Wildman–Crippen LogP) is 2.55. The minimum absolute atomic E-state index is 0.0294. The van der Waals surface area contributed by atoms with Crippen LogP contribution in [0.1, 0.15) is 37.7 Å². The van der Waals surface area contributed by atoms with Crippen LogP contribution in [-0.4, -0.2) is 37.2 Å². The summed E-state index contributed by atoms with van der Waals surface area (Å²) in [6, 6.07) is 6.69. The van der Waals surface area contributed by atoms with Crippen molar-refractivity contribution in [1.29, 1.82) is 0 Å². The highest BCUT2D eigenvalue weighted by molar-refractivity contribution is 6.03. The van der Waals surface area contributed by atoms with Crippen molar-refractivity contribution < 1.29 is 24.2 Å². The first-order valence-corrected chi connectivity index (χ1v) is 8.72. The van der Waals surface area contributed by atoms with Crippen LogP contribution in [0.5, 0.6) is 5.75 Å². The summed E-state index contributed by atoms with van der Waals surface area (Å²) in [5, 5.41) is 13.1. The minimum atomic E-state index is -0.541. The number of Topliss-reactive ketones (excluding diaryl/α,β-unsaturated/α-hetero) is 1. The number of benzene rings is 1. The molecule has 1 aromatic carbocycles. The molecule has 0 saturated heterocycles. The lowest BCUT2D eigenvalue weighted by Gasteiger charge is -2.34. The Hall–Kier alpha value is -2.60. The first-order chi connectivity index (χ1) is 12.5. The van der Waals surface area contributed by atoms with Crippen LogP contribution in [0.25, 0.3) is 0 Å². The van der Waals surface area contributed by atoms with Gasteiger partial charge in [0.2, 0.25) is 0 Å². The zero-order valence-corrected chi connectivity index (χ0v) is 15.0. The lowest BCUT2D eigenvalue weighted by Crippen LogP contribution is -2.34. The maximum atomic E-state index is 12.8. The lowest BCUT2D eigenvalue weighted by molar-refractivity contribution is -0.140. The van der Waals surface area contributed by atoms with Crippen molar-refractivity contribution in [2.75, 3.05) is 20.3 Å². The monoisotopic (exact) mass is 357 g/mol. The lowest BCUT2D eigenvalue weighted by atomic mass is 9.75. The van der Waals surface area contributed by atoms with Gasteiger partial charge in [-0.1, -0.05) is 12.1 Å². The second kappa shape index (κ2) is 7.74. The Morgan fingerprint density at radius 1 is 1.31 bits per heavy atom. The van der Waals surface area contributed by atoms with Crippen molar-refractivity contribution >= 4 is 11.8 Å². The first kappa shape index (κ1) is 18.2. The molecule has 0 aromatic heterocycles. The molecule has 0 amide bonds. The zero-order chi connectivity index (χ0) is 18.7. The molecule has 1 aliphatic heterocycles. The molecule has 2 N–H and O–H groups in total. The van der Waals surface area contributed by atoms with Gasteiger partial charge in [0.15, 0.2) is 5.78 Å². The van der Waals surface area contributed by atoms with Gasteiger partial charge in [0.25, 0.3) is 0 Å². The highest BCUT2D eigenvalue weighted by Gasteiger charge is 2.39. The summed E-state index contributed by atoms with van der Waals surface area (Å²) < 4.78 is 10.3. The Morgan fingerprint density at radius 3 is 2.85 bits per heavy atom. The fraction of sp³-hybridized carbons (Fsp3) is 0.400. The average Bonchev–Trinajstić information content (AvgIpc) is 2.61. The van der Waals surface area contributed by atoms with E-state index in [1.807, 2.05) is 13.0 Å². The minimum Gasteiger partial charge on any atom is -0.508 e. The number of carbonyl (C=O) groups is 2.